The molecule has 0 aliphatic carbocycles. The Kier molecular flexibility index (Phi) is 3.79. The highest BCUT2D eigenvalue weighted by molar-refractivity contribution is 4.60. The van der Waals surface area contributed by atoms with Crippen LogP contribution in [0.5, 0.6) is 0 Å². The van der Waals surface area contributed by atoms with E-state index in [1.165, 1.54) is 0 Å². The van der Waals surface area contributed by atoms with E-state index in [-0.39, 0.29) is 6.41 Å². The number of morpholine rings is 1. The second kappa shape index (κ2) is 4.66. The molecule has 0 bridgehead atoms. The number of methoxy groups -OCH3 is 2. The fraction of sp³-hybridized carbons (Fsp3) is 1.00. The summed E-state index contributed by atoms with van der Waals surface area (Å²) >= 11 is 0. The second-order valence-electron chi connectivity index (χ2n) is 2.43. The Bertz CT molecular complexity index is 99.9. The number of nitrogens with zero attached hydrogens (tertiary/aromatic N) is 1. The molecule has 11 heavy (non-hydrogen) atoms. The van der Waals surface area contributed by atoms with Crippen molar-refractivity contribution in [3.63, 3.8) is 0 Å². The minimum atomic E-state index is -0.209. The maximum absolute atomic E-state index is 5.19. The number of ether oxygens (including phenoxy) is 3. The van der Waals surface area contributed by atoms with E-state index in [4.69, 9.17) is 14.2 Å². The van der Waals surface area contributed by atoms with Crippen molar-refractivity contribution < 1.29 is 14.2 Å². The molecule has 1 fully saturated rings. The smallest absolute Gasteiger partial charge is 0.218 e. The number of rotatable bonds is 3. The first-order valence-electron chi connectivity index (χ1n) is 3.76. The number of hydrogen-bond donors (Lipinski definition) is 0. The molecule has 0 aromatic carbocycles. The highest BCUT2D eigenvalue weighted by Gasteiger charge is 2.19. The Balaban J connectivity index is 2.30. The molecular weight excluding hydrogens is 146 g/mol. The van der Waals surface area contributed by atoms with E-state index in [0.29, 0.717) is 0 Å². The lowest BCUT2D eigenvalue weighted by Gasteiger charge is -2.31. The topological polar surface area (TPSA) is 30.9 Å². The van der Waals surface area contributed by atoms with Crippen molar-refractivity contribution in [3.8, 4) is 0 Å². The van der Waals surface area contributed by atoms with Crippen LogP contribution in [0.4, 0.5) is 0 Å². The predicted octanol–water partition coefficient (Wildman–Crippen LogP) is -0.105. The van der Waals surface area contributed by atoms with Crippen LogP contribution in [0.25, 0.3) is 0 Å². The lowest BCUT2D eigenvalue weighted by Crippen LogP contribution is -2.45. The van der Waals surface area contributed by atoms with Gasteiger partial charge < -0.3 is 14.2 Å². The van der Waals surface area contributed by atoms with Gasteiger partial charge in [-0.3, -0.25) is 4.90 Å². The Morgan fingerprint density at radius 1 is 1.18 bits per heavy atom. The first-order chi connectivity index (χ1) is 5.38. The van der Waals surface area contributed by atoms with E-state index in [1.807, 2.05) is 0 Å². The minimum Gasteiger partial charge on any atom is -0.379 e. The molecule has 4 nitrogen and oxygen atoms in total. The third-order valence-electron chi connectivity index (χ3n) is 1.75. The highest BCUT2D eigenvalue weighted by atomic mass is 16.7. The number of hydrogen-bond acceptors (Lipinski definition) is 4. The van der Waals surface area contributed by atoms with Gasteiger partial charge >= 0.3 is 0 Å². The van der Waals surface area contributed by atoms with Gasteiger partial charge in [0.2, 0.25) is 6.41 Å². The third-order valence-corrected chi connectivity index (χ3v) is 1.75. The average molecular weight is 161 g/mol. The maximum Gasteiger partial charge on any atom is 0.218 e. The van der Waals surface area contributed by atoms with Gasteiger partial charge in [0, 0.05) is 27.3 Å². The Labute approximate surface area is 67.0 Å². The van der Waals surface area contributed by atoms with Crippen molar-refractivity contribution in [3.05, 3.63) is 0 Å². The van der Waals surface area contributed by atoms with Crippen molar-refractivity contribution in [2.24, 2.45) is 0 Å². The SMILES string of the molecule is COC(OC)N1CCOCC1. The molecule has 0 radical (unpaired) electrons. The van der Waals surface area contributed by atoms with E-state index >= 15 is 0 Å². The van der Waals surface area contributed by atoms with E-state index in [0.717, 1.165) is 26.3 Å². The first-order valence-corrected chi connectivity index (χ1v) is 3.76. The summed E-state index contributed by atoms with van der Waals surface area (Å²) in [4.78, 5) is 2.10. The largest absolute Gasteiger partial charge is 0.379 e. The predicted molar refractivity (Wildman–Crippen MR) is 40.2 cm³/mol. The van der Waals surface area contributed by atoms with Crippen LogP contribution in [0.3, 0.4) is 0 Å². The summed E-state index contributed by atoms with van der Waals surface area (Å²) in [5.41, 5.74) is 0. The lowest BCUT2D eigenvalue weighted by molar-refractivity contribution is -0.210. The van der Waals surface area contributed by atoms with Gasteiger partial charge in [-0.2, -0.15) is 0 Å². The summed E-state index contributed by atoms with van der Waals surface area (Å²) < 4.78 is 15.4. The van der Waals surface area contributed by atoms with Crippen LogP contribution >= 0.6 is 0 Å². The van der Waals surface area contributed by atoms with Gasteiger partial charge in [0.25, 0.3) is 0 Å². The van der Waals surface area contributed by atoms with Crippen LogP contribution in [-0.4, -0.2) is 51.8 Å². The summed E-state index contributed by atoms with van der Waals surface area (Å²) in [7, 11) is 3.28. The summed E-state index contributed by atoms with van der Waals surface area (Å²) in [6.45, 7) is 3.30. The molecule has 0 aromatic rings. The quantitative estimate of drug-likeness (QED) is 0.541. The molecule has 0 atom stereocenters. The van der Waals surface area contributed by atoms with E-state index in [9.17, 15) is 0 Å². The summed E-state index contributed by atoms with van der Waals surface area (Å²) in [5, 5.41) is 0. The molecular formula is C7H15NO3. The third kappa shape index (κ3) is 2.41. The van der Waals surface area contributed by atoms with Gasteiger partial charge in [-0.25, -0.2) is 0 Å². The van der Waals surface area contributed by atoms with Gasteiger partial charge in [0.15, 0.2) is 0 Å². The van der Waals surface area contributed by atoms with Crippen LogP contribution in [0.2, 0.25) is 0 Å². The van der Waals surface area contributed by atoms with Crippen LogP contribution in [0.15, 0.2) is 0 Å². The lowest BCUT2D eigenvalue weighted by atomic mass is 10.4. The van der Waals surface area contributed by atoms with Gasteiger partial charge in [-0.1, -0.05) is 0 Å². The summed E-state index contributed by atoms with van der Waals surface area (Å²) in [6, 6.07) is 0. The Hall–Kier alpha value is -0.160. The average Bonchev–Trinajstić information content (AvgIpc) is 2.09. The molecule has 0 spiro atoms. The standard InChI is InChI=1S/C7H15NO3/c1-9-7(10-2)8-3-5-11-6-4-8/h7H,3-6H2,1-2H3. The fourth-order valence-corrected chi connectivity index (χ4v) is 1.18. The molecule has 1 aliphatic heterocycles. The zero-order valence-electron chi connectivity index (χ0n) is 7.08. The maximum atomic E-state index is 5.19. The van der Waals surface area contributed by atoms with Crippen LogP contribution in [0.1, 0.15) is 0 Å². The monoisotopic (exact) mass is 161 g/mol. The van der Waals surface area contributed by atoms with Gasteiger partial charge in [-0.05, 0) is 0 Å². The van der Waals surface area contributed by atoms with Crippen molar-refractivity contribution in [1.82, 2.24) is 4.90 Å². The molecule has 1 heterocycles. The van der Waals surface area contributed by atoms with E-state index in [1.54, 1.807) is 14.2 Å². The molecule has 1 rings (SSSR count). The molecule has 0 saturated carbocycles. The molecule has 0 aromatic heterocycles. The second-order valence-corrected chi connectivity index (χ2v) is 2.43. The molecule has 66 valence electrons. The van der Waals surface area contributed by atoms with Crippen molar-refractivity contribution >= 4 is 0 Å². The first kappa shape index (κ1) is 8.93. The van der Waals surface area contributed by atoms with Crippen molar-refractivity contribution in [1.29, 1.82) is 0 Å². The zero-order valence-corrected chi connectivity index (χ0v) is 7.08. The molecule has 0 amide bonds. The minimum absolute atomic E-state index is 0.209. The molecule has 4 heteroatoms. The van der Waals surface area contributed by atoms with E-state index in [2.05, 4.69) is 4.90 Å². The summed E-state index contributed by atoms with van der Waals surface area (Å²) in [5.74, 6) is 0. The van der Waals surface area contributed by atoms with Gasteiger partial charge in [0.05, 0.1) is 13.2 Å². The van der Waals surface area contributed by atoms with Crippen molar-refractivity contribution in [2.75, 3.05) is 40.5 Å². The van der Waals surface area contributed by atoms with Crippen molar-refractivity contribution in [2.45, 2.75) is 6.41 Å². The van der Waals surface area contributed by atoms with Gasteiger partial charge in [-0.15, -0.1) is 0 Å². The zero-order chi connectivity index (χ0) is 8.10. The van der Waals surface area contributed by atoms with E-state index < -0.39 is 0 Å². The van der Waals surface area contributed by atoms with Crippen LogP contribution in [-0.2, 0) is 14.2 Å². The normalized spacial score (nSPS) is 21.0. The van der Waals surface area contributed by atoms with Crippen LogP contribution < -0.4 is 0 Å². The fourth-order valence-electron chi connectivity index (χ4n) is 1.18. The Morgan fingerprint density at radius 2 is 1.73 bits per heavy atom. The summed E-state index contributed by atoms with van der Waals surface area (Å²) in [6.07, 6.45) is -0.209. The molecule has 0 N–H and O–H groups in total. The molecule has 0 unspecified atom stereocenters. The van der Waals surface area contributed by atoms with Gasteiger partial charge in [0.1, 0.15) is 0 Å². The van der Waals surface area contributed by atoms with Crippen LogP contribution in [0, 0.1) is 0 Å². The molecule has 1 saturated heterocycles. The molecule has 1 aliphatic rings. The Morgan fingerprint density at radius 3 is 2.18 bits per heavy atom. The highest BCUT2D eigenvalue weighted by Crippen LogP contribution is 2.04.